The van der Waals surface area contributed by atoms with Crippen LogP contribution in [0.5, 0.6) is 5.75 Å². The Morgan fingerprint density at radius 2 is 1.96 bits per heavy atom. The number of nitrogens with zero attached hydrogens (tertiary/aromatic N) is 1. The van der Waals surface area contributed by atoms with Gasteiger partial charge in [-0.1, -0.05) is 12.1 Å². The third-order valence-corrected chi connectivity index (χ3v) is 4.25. The number of urea groups is 1. The molecule has 0 aromatic heterocycles. The Labute approximate surface area is 150 Å². The van der Waals surface area contributed by atoms with Gasteiger partial charge in [-0.05, 0) is 36.4 Å². The van der Waals surface area contributed by atoms with Crippen molar-refractivity contribution in [3.63, 3.8) is 0 Å². The molecular weight excluding hydrogens is 337 g/mol. The summed E-state index contributed by atoms with van der Waals surface area (Å²) in [5, 5.41) is 5.51. The van der Waals surface area contributed by atoms with Crippen LogP contribution in [0.1, 0.15) is 6.42 Å². The molecule has 6 nitrogen and oxygen atoms in total. The van der Waals surface area contributed by atoms with Crippen molar-refractivity contribution >= 4 is 23.3 Å². The Kier molecular flexibility index (Phi) is 5.36. The van der Waals surface area contributed by atoms with Gasteiger partial charge in [0.1, 0.15) is 11.6 Å². The van der Waals surface area contributed by atoms with Crippen LogP contribution in [-0.4, -0.2) is 32.1 Å². The molecule has 1 heterocycles. The molecule has 136 valence electrons. The maximum atomic E-state index is 13.0. The number of ether oxygens (including phenoxy) is 1. The van der Waals surface area contributed by atoms with Crippen LogP contribution in [0.4, 0.5) is 20.6 Å². The summed E-state index contributed by atoms with van der Waals surface area (Å²) >= 11 is 0. The second-order valence-corrected chi connectivity index (χ2v) is 6.09. The number of halogens is 1. The highest BCUT2D eigenvalue weighted by Crippen LogP contribution is 2.25. The number of nitrogens with one attached hydrogen (secondary N) is 2. The summed E-state index contributed by atoms with van der Waals surface area (Å²) in [4.78, 5) is 25.9. The second kappa shape index (κ2) is 7.86. The number of para-hydroxylation sites is 2. The number of carbonyl (C=O) groups is 2. The quantitative estimate of drug-likeness (QED) is 0.864. The fourth-order valence-electron chi connectivity index (χ4n) is 2.94. The first-order chi connectivity index (χ1) is 12.6. The van der Waals surface area contributed by atoms with Crippen LogP contribution in [0.25, 0.3) is 0 Å². The average molecular weight is 357 g/mol. The smallest absolute Gasteiger partial charge is 0.319 e. The molecule has 1 atom stereocenters. The molecule has 1 aliphatic heterocycles. The Balaban J connectivity index is 1.53. The second-order valence-electron chi connectivity index (χ2n) is 6.09. The molecular formula is C19H20FN3O3. The van der Waals surface area contributed by atoms with E-state index in [0.29, 0.717) is 36.6 Å². The molecule has 1 aliphatic rings. The SMILES string of the molecule is COc1ccccc1NC(=O)NC[C@H]1CC(=O)N(c2ccc(F)cc2)C1. The van der Waals surface area contributed by atoms with E-state index in [0.717, 1.165) is 0 Å². The summed E-state index contributed by atoms with van der Waals surface area (Å²) in [5.74, 6) is 0.192. The zero-order valence-corrected chi connectivity index (χ0v) is 14.4. The number of carbonyl (C=O) groups excluding carboxylic acids is 2. The van der Waals surface area contributed by atoms with Gasteiger partial charge in [0.05, 0.1) is 12.8 Å². The van der Waals surface area contributed by atoms with E-state index in [2.05, 4.69) is 10.6 Å². The average Bonchev–Trinajstić information content (AvgIpc) is 3.02. The number of amides is 3. The molecule has 7 heteroatoms. The topological polar surface area (TPSA) is 70.7 Å². The Morgan fingerprint density at radius 1 is 1.23 bits per heavy atom. The highest BCUT2D eigenvalue weighted by Gasteiger charge is 2.30. The number of benzene rings is 2. The molecule has 1 saturated heterocycles. The van der Waals surface area contributed by atoms with Gasteiger partial charge in [-0.15, -0.1) is 0 Å². The zero-order valence-electron chi connectivity index (χ0n) is 14.4. The minimum absolute atomic E-state index is 0.00373. The van der Waals surface area contributed by atoms with Crippen LogP contribution in [0, 0.1) is 11.7 Å². The van der Waals surface area contributed by atoms with Crippen molar-refractivity contribution in [1.29, 1.82) is 0 Å². The van der Waals surface area contributed by atoms with Crippen molar-refractivity contribution in [1.82, 2.24) is 5.32 Å². The molecule has 0 aliphatic carbocycles. The molecule has 0 saturated carbocycles. The summed E-state index contributed by atoms with van der Waals surface area (Å²) in [5.41, 5.74) is 1.24. The number of methoxy groups -OCH3 is 1. The summed E-state index contributed by atoms with van der Waals surface area (Å²) in [7, 11) is 1.53. The maximum Gasteiger partial charge on any atom is 0.319 e. The lowest BCUT2D eigenvalue weighted by Crippen LogP contribution is -2.34. The van der Waals surface area contributed by atoms with E-state index < -0.39 is 0 Å². The Hall–Kier alpha value is -3.09. The summed E-state index contributed by atoms with van der Waals surface area (Å²) in [6.45, 7) is 0.851. The maximum absolute atomic E-state index is 13.0. The summed E-state index contributed by atoms with van der Waals surface area (Å²) in [6.07, 6.45) is 0.340. The van der Waals surface area contributed by atoms with Crippen LogP contribution in [-0.2, 0) is 4.79 Å². The molecule has 0 radical (unpaired) electrons. The van der Waals surface area contributed by atoms with Crippen molar-refractivity contribution in [2.75, 3.05) is 30.4 Å². The van der Waals surface area contributed by atoms with Gasteiger partial charge in [0.2, 0.25) is 5.91 Å². The number of rotatable bonds is 5. The van der Waals surface area contributed by atoms with E-state index in [1.165, 1.54) is 19.2 Å². The van der Waals surface area contributed by atoms with E-state index in [1.54, 1.807) is 35.2 Å². The van der Waals surface area contributed by atoms with Gasteiger partial charge >= 0.3 is 6.03 Å². The lowest BCUT2D eigenvalue weighted by atomic mass is 10.1. The van der Waals surface area contributed by atoms with Gasteiger partial charge in [0.25, 0.3) is 0 Å². The van der Waals surface area contributed by atoms with Crippen LogP contribution in [0.2, 0.25) is 0 Å². The molecule has 0 unspecified atom stereocenters. The van der Waals surface area contributed by atoms with Crippen LogP contribution < -0.4 is 20.3 Å². The molecule has 1 fully saturated rings. The lowest BCUT2D eigenvalue weighted by molar-refractivity contribution is -0.117. The zero-order chi connectivity index (χ0) is 18.5. The van der Waals surface area contributed by atoms with Crippen molar-refractivity contribution in [2.24, 2.45) is 5.92 Å². The van der Waals surface area contributed by atoms with Gasteiger partial charge in [-0.2, -0.15) is 0 Å². The number of hydrogen-bond acceptors (Lipinski definition) is 3. The highest BCUT2D eigenvalue weighted by atomic mass is 19.1. The molecule has 26 heavy (non-hydrogen) atoms. The fourth-order valence-corrected chi connectivity index (χ4v) is 2.94. The highest BCUT2D eigenvalue weighted by molar-refractivity contribution is 5.96. The van der Waals surface area contributed by atoms with Crippen molar-refractivity contribution in [3.05, 3.63) is 54.3 Å². The third kappa shape index (κ3) is 4.11. The molecule has 3 rings (SSSR count). The number of hydrogen-bond donors (Lipinski definition) is 2. The standard InChI is InChI=1S/C19H20FN3O3/c1-26-17-5-3-2-4-16(17)22-19(25)21-11-13-10-18(24)23(12-13)15-8-6-14(20)7-9-15/h2-9,13H,10-12H2,1H3,(H2,21,22,25)/t13-/m1/s1. The largest absolute Gasteiger partial charge is 0.495 e. The predicted octanol–water partition coefficient (Wildman–Crippen LogP) is 3.01. The first kappa shape index (κ1) is 17.7. The third-order valence-electron chi connectivity index (χ3n) is 4.25. The molecule has 0 spiro atoms. The van der Waals surface area contributed by atoms with Gasteiger partial charge in [0, 0.05) is 31.1 Å². The van der Waals surface area contributed by atoms with Crippen molar-refractivity contribution in [3.8, 4) is 5.75 Å². The Morgan fingerprint density at radius 3 is 2.69 bits per heavy atom. The summed E-state index contributed by atoms with van der Waals surface area (Å²) < 4.78 is 18.2. The van der Waals surface area contributed by atoms with Crippen LogP contribution >= 0.6 is 0 Å². The van der Waals surface area contributed by atoms with E-state index in [4.69, 9.17) is 4.74 Å². The van der Waals surface area contributed by atoms with E-state index in [-0.39, 0.29) is 23.7 Å². The fraction of sp³-hybridized carbons (Fsp3) is 0.263. The van der Waals surface area contributed by atoms with Crippen molar-refractivity contribution in [2.45, 2.75) is 6.42 Å². The first-order valence-corrected chi connectivity index (χ1v) is 8.30. The van der Waals surface area contributed by atoms with E-state index >= 15 is 0 Å². The predicted molar refractivity (Wildman–Crippen MR) is 96.9 cm³/mol. The minimum Gasteiger partial charge on any atom is -0.495 e. The molecule has 2 N–H and O–H groups in total. The molecule has 2 aromatic carbocycles. The van der Waals surface area contributed by atoms with Gasteiger partial charge in [-0.25, -0.2) is 9.18 Å². The Bertz CT molecular complexity index is 795. The van der Waals surface area contributed by atoms with Crippen LogP contribution in [0.3, 0.4) is 0 Å². The van der Waals surface area contributed by atoms with Gasteiger partial charge < -0.3 is 20.3 Å². The van der Waals surface area contributed by atoms with Gasteiger partial charge in [-0.3, -0.25) is 4.79 Å². The molecule has 0 bridgehead atoms. The van der Waals surface area contributed by atoms with E-state index in [9.17, 15) is 14.0 Å². The lowest BCUT2D eigenvalue weighted by Gasteiger charge is -2.17. The monoisotopic (exact) mass is 357 g/mol. The molecule has 3 amide bonds. The minimum atomic E-state index is -0.359. The van der Waals surface area contributed by atoms with Crippen LogP contribution in [0.15, 0.2) is 48.5 Å². The van der Waals surface area contributed by atoms with Gasteiger partial charge in [0.15, 0.2) is 0 Å². The first-order valence-electron chi connectivity index (χ1n) is 8.30. The van der Waals surface area contributed by atoms with Crippen molar-refractivity contribution < 1.29 is 18.7 Å². The number of anilines is 2. The summed E-state index contributed by atoms with van der Waals surface area (Å²) in [6, 6.07) is 12.6. The normalized spacial score (nSPS) is 16.5. The molecule has 2 aromatic rings. The van der Waals surface area contributed by atoms with E-state index in [1.807, 2.05) is 6.07 Å².